The first-order valence-electron chi connectivity index (χ1n) is 6.48. The van der Waals surface area contributed by atoms with E-state index in [1.807, 2.05) is 14.0 Å². The number of nitrogens with one attached hydrogen (secondary N) is 1. The number of nitrogens with zero attached hydrogens (tertiary/aromatic N) is 2. The van der Waals surface area contributed by atoms with Gasteiger partial charge in [0.2, 0.25) is 0 Å². The zero-order valence-corrected chi connectivity index (χ0v) is 11.1. The maximum atomic E-state index is 5.59. The molecule has 4 heteroatoms. The van der Waals surface area contributed by atoms with Gasteiger partial charge in [-0.15, -0.1) is 0 Å². The lowest BCUT2D eigenvalue weighted by Gasteiger charge is -2.40. The summed E-state index contributed by atoms with van der Waals surface area (Å²) in [7, 11) is 1.82. The van der Waals surface area contributed by atoms with Gasteiger partial charge in [0, 0.05) is 26.7 Å². The molecular formula is C13H23N3O. The lowest BCUT2D eigenvalue weighted by atomic mass is 9.80. The van der Waals surface area contributed by atoms with E-state index in [4.69, 9.17) is 4.74 Å². The molecule has 0 amide bonds. The lowest BCUT2D eigenvalue weighted by Crippen LogP contribution is -2.47. The first-order chi connectivity index (χ1) is 8.19. The molecule has 0 atom stereocenters. The van der Waals surface area contributed by atoms with Crippen LogP contribution in [0.5, 0.6) is 0 Å². The van der Waals surface area contributed by atoms with Crippen molar-refractivity contribution >= 4 is 0 Å². The van der Waals surface area contributed by atoms with E-state index in [1.54, 1.807) is 0 Å². The average molecular weight is 237 g/mol. The van der Waals surface area contributed by atoms with E-state index >= 15 is 0 Å². The average Bonchev–Trinajstić information content (AvgIpc) is 2.63. The maximum Gasteiger partial charge on any atom is 0.0802 e. The van der Waals surface area contributed by atoms with E-state index in [0.29, 0.717) is 0 Å². The third-order valence-electron chi connectivity index (χ3n) is 3.74. The molecule has 0 saturated heterocycles. The number of hydrogen-bond acceptors (Lipinski definition) is 3. The summed E-state index contributed by atoms with van der Waals surface area (Å²) in [6.45, 7) is 6.91. The normalized spacial score (nSPS) is 18.1. The molecule has 0 bridgehead atoms. The van der Waals surface area contributed by atoms with E-state index in [-0.39, 0.29) is 5.60 Å². The molecule has 1 fully saturated rings. The predicted octanol–water partition coefficient (Wildman–Crippen LogP) is 1.87. The van der Waals surface area contributed by atoms with Gasteiger partial charge in [-0.1, -0.05) is 0 Å². The number of hydrogen-bond donors (Lipinski definition) is 1. The summed E-state index contributed by atoms with van der Waals surface area (Å²) in [5.41, 5.74) is 2.45. The first kappa shape index (κ1) is 12.6. The van der Waals surface area contributed by atoms with E-state index in [1.165, 1.54) is 25.0 Å². The van der Waals surface area contributed by atoms with E-state index in [0.717, 1.165) is 25.3 Å². The highest BCUT2D eigenvalue weighted by Gasteiger charge is 2.36. The standard InChI is InChI=1S/C13H23N3O/c1-4-16-12(8-11(2)15-16)9-14-10-13(17-3)6-5-7-13/h8,14H,4-7,9-10H2,1-3H3. The van der Waals surface area contributed by atoms with E-state index in [9.17, 15) is 0 Å². The molecule has 0 unspecified atom stereocenters. The van der Waals surface area contributed by atoms with Crippen molar-refractivity contribution in [1.82, 2.24) is 15.1 Å². The largest absolute Gasteiger partial charge is 0.377 e. The van der Waals surface area contributed by atoms with Gasteiger partial charge >= 0.3 is 0 Å². The molecule has 0 aliphatic heterocycles. The van der Waals surface area contributed by atoms with Crippen LogP contribution < -0.4 is 5.32 Å². The molecule has 1 aromatic heterocycles. The minimum Gasteiger partial charge on any atom is -0.377 e. The zero-order chi connectivity index (χ0) is 12.3. The molecule has 0 radical (unpaired) electrons. The summed E-state index contributed by atoms with van der Waals surface area (Å²) in [4.78, 5) is 0. The SMILES string of the molecule is CCn1nc(C)cc1CNCC1(OC)CCC1. The topological polar surface area (TPSA) is 39.1 Å². The second-order valence-electron chi connectivity index (χ2n) is 4.94. The van der Waals surface area contributed by atoms with Gasteiger partial charge in [0.05, 0.1) is 17.0 Å². The second kappa shape index (κ2) is 5.19. The molecule has 1 N–H and O–H groups in total. The fourth-order valence-electron chi connectivity index (χ4n) is 2.46. The highest BCUT2D eigenvalue weighted by atomic mass is 16.5. The summed E-state index contributed by atoms with van der Waals surface area (Å²) in [6, 6.07) is 2.15. The van der Waals surface area contributed by atoms with Crippen molar-refractivity contribution in [2.45, 2.75) is 51.8 Å². The molecule has 96 valence electrons. The van der Waals surface area contributed by atoms with Crippen molar-refractivity contribution in [3.05, 3.63) is 17.5 Å². The Bertz CT molecular complexity index is 363. The highest BCUT2D eigenvalue weighted by Crippen LogP contribution is 2.34. The Labute approximate surface area is 103 Å². The number of methoxy groups -OCH3 is 1. The van der Waals surface area contributed by atoms with Crippen molar-refractivity contribution in [2.24, 2.45) is 0 Å². The van der Waals surface area contributed by atoms with Gasteiger partial charge in [0.1, 0.15) is 0 Å². The van der Waals surface area contributed by atoms with Crippen LogP contribution in [-0.4, -0.2) is 29.0 Å². The number of rotatable bonds is 6. The molecule has 1 heterocycles. The quantitative estimate of drug-likeness (QED) is 0.821. The van der Waals surface area contributed by atoms with Crippen molar-refractivity contribution in [2.75, 3.05) is 13.7 Å². The van der Waals surface area contributed by atoms with Gasteiger partial charge in [-0.2, -0.15) is 5.10 Å². The fourth-order valence-corrected chi connectivity index (χ4v) is 2.46. The lowest BCUT2D eigenvalue weighted by molar-refractivity contribution is -0.0696. The Morgan fingerprint density at radius 3 is 2.82 bits per heavy atom. The van der Waals surface area contributed by atoms with Gasteiger partial charge in [0.15, 0.2) is 0 Å². The van der Waals surface area contributed by atoms with Gasteiger partial charge in [0.25, 0.3) is 0 Å². The van der Waals surface area contributed by atoms with Crippen LogP contribution in [-0.2, 0) is 17.8 Å². The minimum absolute atomic E-state index is 0.103. The predicted molar refractivity (Wildman–Crippen MR) is 67.9 cm³/mol. The van der Waals surface area contributed by atoms with Crippen LogP contribution in [0.25, 0.3) is 0 Å². The van der Waals surface area contributed by atoms with Gasteiger partial charge in [-0.25, -0.2) is 0 Å². The highest BCUT2D eigenvalue weighted by molar-refractivity contribution is 5.09. The van der Waals surface area contributed by atoms with Crippen LogP contribution in [0.4, 0.5) is 0 Å². The van der Waals surface area contributed by atoms with Crippen molar-refractivity contribution in [1.29, 1.82) is 0 Å². The third-order valence-corrected chi connectivity index (χ3v) is 3.74. The maximum absolute atomic E-state index is 5.59. The molecule has 4 nitrogen and oxygen atoms in total. The van der Waals surface area contributed by atoms with Gasteiger partial charge in [-0.3, -0.25) is 4.68 Å². The molecule has 2 rings (SSSR count). The smallest absolute Gasteiger partial charge is 0.0802 e. The third kappa shape index (κ3) is 2.69. The van der Waals surface area contributed by atoms with Gasteiger partial charge < -0.3 is 10.1 Å². The van der Waals surface area contributed by atoms with Gasteiger partial charge in [-0.05, 0) is 39.2 Å². The van der Waals surface area contributed by atoms with Crippen molar-refractivity contribution in [3.63, 3.8) is 0 Å². The van der Waals surface area contributed by atoms with E-state index in [2.05, 4.69) is 28.1 Å². The molecule has 0 aromatic carbocycles. The van der Waals surface area contributed by atoms with E-state index < -0.39 is 0 Å². The van der Waals surface area contributed by atoms with Crippen LogP contribution in [0.1, 0.15) is 37.6 Å². The molecule has 0 spiro atoms. The van der Waals surface area contributed by atoms with Crippen LogP contribution in [0.3, 0.4) is 0 Å². The van der Waals surface area contributed by atoms with Crippen LogP contribution in [0.2, 0.25) is 0 Å². The Morgan fingerprint density at radius 1 is 1.53 bits per heavy atom. The van der Waals surface area contributed by atoms with Crippen LogP contribution in [0, 0.1) is 6.92 Å². The van der Waals surface area contributed by atoms with Crippen LogP contribution >= 0.6 is 0 Å². The molecular weight excluding hydrogens is 214 g/mol. The molecule has 17 heavy (non-hydrogen) atoms. The Hall–Kier alpha value is -0.870. The van der Waals surface area contributed by atoms with Crippen molar-refractivity contribution in [3.8, 4) is 0 Å². The molecule has 1 aliphatic carbocycles. The number of aromatic nitrogens is 2. The summed E-state index contributed by atoms with van der Waals surface area (Å²) >= 11 is 0. The Kier molecular flexibility index (Phi) is 3.84. The summed E-state index contributed by atoms with van der Waals surface area (Å²) in [5, 5.41) is 7.94. The van der Waals surface area contributed by atoms with Crippen molar-refractivity contribution < 1.29 is 4.74 Å². The second-order valence-corrected chi connectivity index (χ2v) is 4.94. The molecule has 1 aromatic rings. The Morgan fingerprint density at radius 2 is 2.29 bits per heavy atom. The molecule has 1 aliphatic rings. The minimum atomic E-state index is 0.103. The summed E-state index contributed by atoms with van der Waals surface area (Å²) < 4.78 is 7.65. The zero-order valence-electron chi connectivity index (χ0n) is 11.1. The molecule has 1 saturated carbocycles. The monoisotopic (exact) mass is 237 g/mol. The number of aryl methyl sites for hydroxylation is 2. The summed E-state index contributed by atoms with van der Waals surface area (Å²) in [6.07, 6.45) is 3.66. The van der Waals surface area contributed by atoms with Crippen LogP contribution in [0.15, 0.2) is 6.07 Å². The Balaban J connectivity index is 1.85. The summed E-state index contributed by atoms with van der Waals surface area (Å²) in [5.74, 6) is 0. The first-order valence-corrected chi connectivity index (χ1v) is 6.48. The fraction of sp³-hybridized carbons (Fsp3) is 0.769. The number of ether oxygens (including phenoxy) is 1.